The Kier molecular flexibility index (Phi) is 13.1. The van der Waals surface area contributed by atoms with E-state index in [1.165, 1.54) is 6.33 Å². The van der Waals surface area contributed by atoms with E-state index < -0.39 is 47.9 Å². The molecular formula is C23H41N9O5. The monoisotopic (exact) mass is 523 g/mol. The maximum absolute atomic E-state index is 13.1. The molecule has 3 amide bonds. The van der Waals surface area contributed by atoms with Crippen LogP contribution >= 0.6 is 0 Å². The molecule has 1 rings (SSSR count). The van der Waals surface area contributed by atoms with E-state index in [2.05, 4.69) is 30.9 Å². The lowest BCUT2D eigenvalue weighted by Gasteiger charge is -2.27. The molecule has 0 spiro atoms. The van der Waals surface area contributed by atoms with Gasteiger partial charge in [0.15, 0.2) is 5.96 Å². The van der Waals surface area contributed by atoms with E-state index in [9.17, 15) is 24.3 Å². The molecule has 0 aliphatic carbocycles. The van der Waals surface area contributed by atoms with Crippen molar-refractivity contribution in [1.82, 2.24) is 25.9 Å². The molecule has 0 aliphatic heterocycles. The van der Waals surface area contributed by atoms with Gasteiger partial charge >= 0.3 is 5.97 Å². The van der Waals surface area contributed by atoms with Gasteiger partial charge in [-0.2, -0.15) is 0 Å². The van der Waals surface area contributed by atoms with E-state index in [4.69, 9.17) is 17.2 Å². The fourth-order valence-electron chi connectivity index (χ4n) is 3.52. The van der Waals surface area contributed by atoms with E-state index in [0.717, 1.165) is 0 Å². The van der Waals surface area contributed by atoms with E-state index in [1.54, 1.807) is 20.0 Å². The number of rotatable bonds is 16. The average Bonchev–Trinajstić information content (AvgIpc) is 3.30. The molecule has 4 atom stereocenters. The minimum Gasteiger partial charge on any atom is -0.480 e. The number of imidazole rings is 1. The van der Waals surface area contributed by atoms with Crippen LogP contribution in [0.25, 0.3) is 0 Å². The van der Waals surface area contributed by atoms with Crippen molar-refractivity contribution in [3.8, 4) is 0 Å². The summed E-state index contributed by atoms with van der Waals surface area (Å²) in [5.74, 6) is -3.36. The lowest BCUT2D eigenvalue weighted by molar-refractivity contribution is -0.142. The normalized spacial score (nSPS) is 14.4. The van der Waals surface area contributed by atoms with E-state index >= 15 is 0 Å². The van der Waals surface area contributed by atoms with E-state index in [1.807, 2.05) is 13.8 Å². The number of H-pyrrole nitrogens is 1. The number of aliphatic imine (C=N–C) groups is 1. The minimum atomic E-state index is -1.22. The first kappa shape index (κ1) is 31.4. The van der Waals surface area contributed by atoms with Crippen molar-refractivity contribution in [2.24, 2.45) is 34.0 Å². The molecule has 4 unspecified atom stereocenters. The predicted molar refractivity (Wildman–Crippen MR) is 138 cm³/mol. The Bertz CT molecular complexity index is 914. The molecule has 14 nitrogen and oxygen atoms in total. The van der Waals surface area contributed by atoms with Crippen LogP contribution in [0.5, 0.6) is 0 Å². The van der Waals surface area contributed by atoms with Gasteiger partial charge in [-0.05, 0) is 31.1 Å². The van der Waals surface area contributed by atoms with Crippen LogP contribution in [0.15, 0.2) is 17.5 Å². The Morgan fingerprint density at radius 3 is 2.19 bits per heavy atom. The van der Waals surface area contributed by atoms with Crippen LogP contribution in [0, 0.1) is 11.8 Å². The summed E-state index contributed by atoms with van der Waals surface area (Å²) in [5, 5.41) is 17.3. The number of carbonyl (C=O) groups excluding carboxylic acids is 3. The van der Waals surface area contributed by atoms with Crippen molar-refractivity contribution in [2.45, 2.75) is 77.5 Å². The molecule has 208 valence electrons. The number of aromatic amines is 1. The summed E-state index contributed by atoms with van der Waals surface area (Å²) >= 11 is 0. The molecular weight excluding hydrogens is 482 g/mol. The molecule has 1 aromatic heterocycles. The molecule has 0 bridgehead atoms. The van der Waals surface area contributed by atoms with Crippen LogP contribution in [0.3, 0.4) is 0 Å². The second-order valence-electron chi connectivity index (χ2n) is 9.66. The molecule has 14 heteroatoms. The Morgan fingerprint density at radius 2 is 1.68 bits per heavy atom. The number of nitrogens with zero attached hydrogens (tertiary/aromatic N) is 2. The number of nitrogens with two attached hydrogens (primary N) is 3. The Balaban J connectivity index is 2.87. The Hall–Kier alpha value is -3.68. The van der Waals surface area contributed by atoms with Gasteiger partial charge in [-0.15, -0.1) is 0 Å². The smallest absolute Gasteiger partial charge is 0.326 e. The number of carboxylic acid groups (broad SMARTS) is 1. The third kappa shape index (κ3) is 11.7. The number of aliphatic carboxylic acids is 1. The molecule has 0 aromatic carbocycles. The van der Waals surface area contributed by atoms with Gasteiger partial charge in [0.1, 0.15) is 18.1 Å². The maximum atomic E-state index is 13.1. The molecule has 0 aliphatic rings. The van der Waals surface area contributed by atoms with Gasteiger partial charge in [-0.25, -0.2) is 9.78 Å². The highest BCUT2D eigenvalue weighted by Crippen LogP contribution is 2.10. The van der Waals surface area contributed by atoms with Crippen molar-refractivity contribution in [3.05, 3.63) is 18.2 Å². The van der Waals surface area contributed by atoms with Gasteiger partial charge in [0.2, 0.25) is 17.7 Å². The average molecular weight is 524 g/mol. The van der Waals surface area contributed by atoms with E-state index in [-0.39, 0.29) is 43.6 Å². The zero-order valence-corrected chi connectivity index (χ0v) is 21.9. The van der Waals surface area contributed by atoms with Gasteiger partial charge in [0, 0.05) is 24.9 Å². The van der Waals surface area contributed by atoms with Crippen molar-refractivity contribution < 1.29 is 24.3 Å². The van der Waals surface area contributed by atoms with Crippen molar-refractivity contribution in [1.29, 1.82) is 0 Å². The quantitative estimate of drug-likeness (QED) is 0.0718. The highest BCUT2D eigenvalue weighted by Gasteiger charge is 2.32. The van der Waals surface area contributed by atoms with Crippen LogP contribution in [-0.2, 0) is 25.6 Å². The first-order chi connectivity index (χ1) is 17.3. The molecule has 0 saturated carbocycles. The van der Waals surface area contributed by atoms with Crippen LogP contribution in [0.1, 0.15) is 52.7 Å². The molecule has 0 saturated heterocycles. The van der Waals surface area contributed by atoms with Crippen LogP contribution in [0.2, 0.25) is 0 Å². The third-order valence-corrected chi connectivity index (χ3v) is 5.48. The molecule has 37 heavy (non-hydrogen) atoms. The number of hydrogen-bond acceptors (Lipinski definition) is 7. The number of amides is 3. The fourth-order valence-corrected chi connectivity index (χ4v) is 3.52. The van der Waals surface area contributed by atoms with Crippen molar-refractivity contribution in [3.63, 3.8) is 0 Å². The van der Waals surface area contributed by atoms with Gasteiger partial charge in [0.25, 0.3) is 0 Å². The highest BCUT2D eigenvalue weighted by atomic mass is 16.4. The largest absolute Gasteiger partial charge is 0.480 e. The summed E-state index contributed by atoms with van der Waals surface area (Å²) in [6, 6.07) is -4.07. The number of carbonyl (C=O) groups is 4. The third-order valence-electron chi connectivity index (χ3n) is 5.48. The zero-order valence-electron chi connectivity index (χ0n) is 21.9. The molecule has 0 fully saturated rings. The molecule has 11 N–H and O–H groups in total. The Labute approximate surface area is 216 Å². The lowest BCUT2D eigenvalue weighted by atomic mass is 9.99. The summed E-state index contributed by atoms with van der Waals surface area (Å²) in [7, 11) is 0. The second kappa shape index (κ2) is 15.4. The van der Waals surface area contributed by atoms with Gasteiger partial charge < -0.3 is 43.2 Å². The van der Waals surface area contributed by atoms with Crippen molar-refractivity contribution in [2.75, 3.05) is 6.54 Å². The molecule has 1 aromatic rings. The number of nitrogens with one attached hydrogen (secondary N) is 4. The minimum absolute atomic E-state index is 0.0103. The maximum Gasteiger partial charge on any atom is 0.326 e. The summed E-state index contributed by atoms with van der Waals surface area (Å²) in [6.45, 7) is 7.45. The van der Waals surface area contributed by atoms with Gasteiger partial charge in [-0.1, -0.05) is 27.7 Å². The van der Waals surface area contributed by atoms with E-state index in [0.29, 0.717) is 12.1 Å². The summed E-state index contributed by atoms with van der Waals surface area (Å²) in [6.07, 6.45) is 3.92. The first-order valence-electron chi connectivity index (χ1n) is 12.2. The van der Waals surface area contributed by atoms with Gasteiger partial charge in [0.05, 0.1) is 12.4 Å². The van der Waals surface area contributed by atoms with Gasteiger partial charge in [-0.3, -0.25) is 19.4 Å². The highest BCUT2D eigenvalue weighted by molar-refractivity contribution is 5.94. The van der Waals surface area contributed by atoms with Crippen LogP contribution in [-0.4, -0.2) is 75.4 Å². The van der Waals surface area contributed by atoms with Crippen molar-refractivity contribution >= 4 is 29.7 Å². The Morgan fingerprint density at radius 1 is 1.03 bits per heavy atom. The topological polar surface area (TPSA) is 244 Å². The summed E-state index contributed by atoms with van der Waals surface area (Å²) in [5.41, 5.74) is 17.2. The lowest BCUT2D eigenvalue weighted by Crippen LogP contribution is -2.58. The SMILES string of the molecule is CC(C)CC(NC(=O)C(NC(=O)C(N)Cc1cnc[nH]1)C(C)C)C(=O)NC(CCCN=C(N)N)C(=O)O. The predicted octanol–water partition coefficient (Wildman–Crippen LogP) is -1.43. The summed E-state index contributed by atoms with van der Waals surface area (Å²) in [4.78, 5) is 61.0. The molecule has 1 heterocycles. The molecule has 0 radical (unpaired) electrons. The van der Waals surface area contributed by atoms with Crippen LogP contribution < -0.4 is 33.2 Å². The number of aromatic nitrogens is 2. The standard InChI is InChI=1S/C23H41N9O5/c1-12(2)8-17(20(34)30-16(22(36)37)6-5-7-28-23(25)26)31-21(35)18(13(3)4)32-19(33)15(24)9-14-10-27-11-29-14/h10-13,15-18H,5-9,24H2,1-4H3,(H,27,29)(H,30,34)(H,31,35)(H,32,33)(H,36,37)(H4,25,26,28). The number of carboxylic acids is 1. The first-order valence-corrected chi connectivity index (χ1v) is 12.2. The second-order valence-corrected chi connectivity index (χ2v) is 9.66. The van der Waals surface area contributed by atoms with Crippen LogP contribution in [0.4, 0.5) is 0 Å². The number of guanidine groups is 1. The summed E-state index contributed by atoms with van der Waals surface area (Å²) < 4.78 is 0. The fraction of sp³-hybridized carbons (Fsp3) is 0.652. The number of hydrogen-bond donors (Lipinski definition) is 8. The zero-order chi connectivity index (χ0) is 28.1.